The molecule has 5 heteroatoms. The summed E-state index contributed by atoms with van der Waals surface area (Å²) in [4.78, 5) is 36.9. The molecule has 0 aliphatic rings. The molecule has 1 aromatic heterocycles. The lowest BCUT2D eigenvalue weighted by molar-refractivity contribution is -0.114. The number of hydrogen-bond acceptors (Lipinski definition) is 3. The number of nitrogens with zero attached hydrogens (tertiary/aromatic N) is 1. The first kappa shape index (κ1) is 14.0. The second-order valence-electron chi connectivity index (χ2n) is 5.12. The number of carbonyl (C=O) groups is 1. The predicted octanol–water partition coefficient (Wildman–Crippen LogP) is 2.01. The highest BCUT2D eigenvalue weighted by Crippen LogP contribution is 2.19. The number of carbonyl (C=O) groups excluding carboxylic acids is 1. The fourth-order valence-corrected chi connectivity index (χ4v) is 2.65. The van der Waals surface area contributed by atoms with Crippen LogP contribution in [0, 0.1) is 0 Å². The molecule has 110 valence electrons. The Morgan fingerprint density at radius 3 is 2.41 bits per heavy atom. The van der Waals surface area contributed by atoms with Gasteiger partial charge in [0.2, 0.25) is 5.91 Å². The molecule has 0 aliphatic carbocycles. The molecule has 0 spiro atoms. The SMILES string of the molecule is CC(=O)Nc1cccc2c(=O)n(C)c3ccccc3c(=O)c12. The molecule has 1 heterocycles. The molecule has 0 unspecified atom stereocenters. The third-order valence-electron chi connectivity index (χ3n) is 3.65. The molecule has 1 amide bonds. The summed E-state index contributed by atoms with van der Waals surface area (Å²) in [6.45, 7) is 1.36. The van der Waals surface area contributed by atoms with E-state index in [9.17, 15) is 14.4 Å². The smallest absolute Gasteiger partial charge is 0.258 e. The zero-order valence-corrected chi connectivity index (χ0v) is 12.2. The normalized spacial score (nSPS) is 10.8. The van der Waals surface area contributed by atoms with Crippen molar-refractivity contribution in [2.24, 2.45) is 7.05 Å². The van der Waals surface area contributed by atoms with E-state index in [1.165, 1.54) is 11.5 Å². The quantitative estimate of drug-likeness (QED) is 0.746. The van der Waals surface area contributed by atoms with Crippen LogP contribution in [0.2, 0.25) is 0 Å². The van der Waals surface area contributed by atoms with Gasteiger partial charge in [0.1, 0.15) is 0 Å². The summed E-state index contributed by atoms with van der Waals surface area (Å²) in [5, 5.41) is 3.59. The molecule has 0 bridgehead atoms. The summed E-state index contributed by atoms with van der Waals surface area (Å²) in [5.41, 5.74) is 0.365. The van der Waals surface area contributed by atoms with Crippen molar-refractivity contribution < 1.29 is 4.79 Å². The number of fused-ring (bicyclic) bond motifs is 2. The molecule has 1 N–H and O–H groups in total. The molecule has 0 aliphatic heterocycles. The van der Waals surface area contributed by atoms with E-state index < -0.39 is 0 Å². The first-order valence-electron chi connectivity index (χ1n) is 6.83. The largest absolute Gasteiger partial charge is 0.326 e. The molecule has 3 aromatic rings. The number of aryl methyl sites for hydroxylation is 1. The Kier molecular flexibility index (Phi) is 3.25. The fraction of sp³-hybridized carbons (Fsp3) is 0.118. The van der Waals surface area contributed by atoms with Gasteiger partial charge >= 0.3 is 0 Å². The van der Waals surface area contributed by atoms with Crippen LogP contribution in [-0.4, -0.2) is 10.5 Å². The van der Waals surface area contributed by atoms with Crippen LogP contribution in [0.4, 0.5) is 5.69 Å². The van der Waals surface area contributed by atoms with Gasteiger partial charge in [0.25, 0.3) is 5.56 Å². The highest BCUT2D eigenvalue weighted by atomic mass is 16.1. The Balaban J connectivity index is 2.67. The number of hydrogen-bond donors (Lipinski definition) is 1. The van der Waals surface area contributed by atoms with Crippen molar-refractivity contribution in [3.63, 3.8) is 0 Å². The van der Waals surface area contributed by atoms with Crippen LogP contribution >= 0.6 is 0 Å². The summed E-state index contributed by atoms with van der Waals surface area (Å²) in [5.74, 6) is -0.292. The summed E-state index contributed by atoms with van der Waals surface area (Å²) in [6.07, 6.45) is 0. The lowest BCUT2D eigenvalue weighted by atomic mass is 10.1. The van der Waals surface area contributed by atoms with Crippen molar-refractivity contribution >= 4 is 33.3 Å². The summed E-state index contributed by atoms with van der Waals surface area (Å²) >= 11 is 0. The van der Waals surface area contributed by atoms with Crippen LogP contribution in [0.5, 0.6) is 0 Å². The van der Waals surface area contributed by atoms with Crippen LogP contribution in [0.1, 0.15) is 6.92 Å². The van der Waals surface area contributed by atoms with Crippen LogP contribution in [-0.2, 0) is 11.8 Å². The van der Waals surface area contributed by atoms with E-state index in [-0.39, 0.29) is 27.7 Å². The number of anilines is 1. The zero-order valence-electron chi connectivity index (χ0n) is 12.2. The fourth-order valence-electron chi connectivity index (χ4n) is 2.65. The monoisotopic (exact) mass is 294 g/mol. The van der Waals surface area contributed by atoms with Gasteiger partial charge in [-0.15, -0.1) is 0 Å². The average Bonchev–Trinajstić information content (AvgIpc) is 2.58. The summed E-state index contributed by atoms with van der Waals surface area (Å²) in [7, 11) is 1.63. The van der Waals surface area contributed by atoms with Gasteiger partial charge in [-0.25, -0.2) is 0 Å². The summed E-state index contributed by atoms with van der Waals surface area (Å²) < 4.78 is 1.45. The molecular formula is C17H14N2O3. The standard InChI is InChI=1S/C17H14N2O3/c1-10(20)18-13-8-5-7-12-15(13)16(21)11-6-3-4-9-14(11)19(2)17(12)22/h3-9H,1-2H3,(H,18,20). The average molecular weight is 294 g/mol. The van der Waals surface area contributed by atoms with Crippen LogP contribution in [0.25, 0.3) is 21.7 Å². The highest BCUT2D eigenvalue weighted by molar-refractivity contribution is 6.03. The van der Waals surface area contributed by atoms with Crippen molar-refractivity contribution in [1.29, 1.82) is 0 Å². The van der Waals surface area contributed by atoms with E-state index in [0.29, 0.717) is 16.6 Å². The highest BCUT2D eigenvalue weighted by Gasteiger charge is 2.12. The minimum Gasteiger partial charge on any atom is -0.326 e. The first-order chi connectivity index (χ1) is 10.5. The molecule has 5 nitrogen and oxygen atoms in total. The first-order valence-corrected chi connectivity index (χ1v) is 6.83. The molecule has 0 fully saturated rings. The van der Waals surface area contributed by atoms with E-state index in [1.807, 2.05) is 0 Å². The maximum atomic E-state index is 12.9. The maximum Gasteiger partial charge on any atom is 0.258 e. The molecule has 2 aromatic carbocycles. The van der Waals surface area contributed by atoms with Gasteiger partial charge < -0.3 is 9.88 Å². The van der Waals surface area contributed by atoms with E-state index in [4.69, 9.17) is 0 Å². The van der Waals surface area contributed by atoms with E-state index in [0.717, 1.165) is 0 Å². The molecule has 0 saturated heterocycles. The molecule has 22 heavy (non-hydrogen) atoms. The van der Waals surface area contributed by atoms with Crippen molar-refractivity contribution in [2.45, 2.75) is 6.92 Å². The van der Waals surface area contributed by atoms with E-state index in [1.54, 1.807) is 49.5 Å². The molecular weight excluding hydrogens is 280 g/mol. The Hall–Kier alpha value is -2.95. The Bertz CT molecular complexity index is 1040. The molecule has 0 radical (unpaired) electrons. The van der Waals surface area contributed by atoms with Gasteiger partial charge in [0.15, 0.2) is 5.43 Å². The van der Waals surface area contributed by atoms with E-state index in [2.05, 4.69) is 5.32 Å². The van der Waals surface area contributed by atoms with Crippen molar-refractivity contribution in [2.75, 3.05) is 5.32 Å². The number of benzene rings is 2. The van der Waals surface area contributed by atoms with Crippen molar-refractivity contribution in [1.82, 2.24) is 4.57 Å². The van der Waals surface area contributed by atoms with Gasteiger partial charge in [-0.05, 0) is 24.3 Å². The number of amides is 1. The molecule has 3 rings (SSSR count). The number of aromatic nitrogens is 1. The Morgan fingerprint density at radius 1 is 1.00 bits per heavy atom. The second kappa shape index (κ2) is 5.11. The Morgan fingerprint density at radius 2 is 1.68 bits per heavy atom. The van der Waals surface area contributed by atoms with Gasteiger partial charge in [0.05, 0.1) is 22.0 Å². The van der Waals surface area contributed by atoms with Crippen LogP contribution < -0.4 is 16.3 Å². The number of nitrogens with one attached hydrogen (secondary N) is 1. The van der Waals surface area contributed by atoms with Crippen LogP contribution in [0.3, 0.4) is 0 Å². The lowest BCUT2D eigenvalue weighted by Gasteiger charge is -2.03. The van der Waals surface area contributed by atoms with Crippen molar-refractivity contribution in [3.8, 4) is 0 Å². The van der Waals surface area contributed by atoms with Gasteiger partial charge in [0, 0.05) is 19.4 Å². The van der Waals surface area contributed by atoms with Crippen molar-refractivity contribution in [3.05, 3.63) is 63.0 Å². The van der Waals surface area contributed by atoms with Crippen LogP contribution in [0.15, 0.2) is 52.1 Å². The number of rotatable bonds is 1. The minimum atomic E-state index is -0.292. The van der Waals surface area contributed by atoms with E-state index >= 15 is 0 Å². The maximum absolute atomic E-state index is 12.9. The van der Waals surface area contributed by atoms with Gasteiger partial charge in [-0.1, -0.05) is 18.2 Å². The lowest BCUT2D eigenvalue weighted by Crippen LogP contribution is -2.15. The third kappa shape index (κ3) is 2.07. The number of para-hydroxylation sites is 1. The van der Waals surface area contributed by atoms with Gasteiger partial charge in [-0.2, -0.15) is 0 Å². The van der Waals surface area contributed by atoms with Gasteiger partial charge in [-0.3, -0.25) is 14.4 Å². The Labute approximate surface area is 125 Å². The predicted molar refractivity (Wildman–Crippen MR) is 87.3 cm³/mol. The minimum absolute atomic E-state index is 0.236. The zero-order chi connectivity index (χ0) is 15.9. The topological polar surface area (TPSA) is 68.2 Å². The molecule has 0 saturated carbocycles. The third-order valence-corrected chi connectivity index (χ3v) is 3.65. The molecule has 0 atom stereocenters. The summed E-state index contributed by atoms with van der Waals surface area (Å²) in [6, 6.07) is 11.8. The second-order valence-corrected chi connectivity index (χ2v) is 5.12.